The predicted octanol–water partition coefficient (Wildman–Crippen LogP) is 3.80. The number of benzene rings is 1. The van der Waals surface area contributed by atoms with Gasteiger partial charge in [-0.05, 0) is 56.0 Å². The number of aliphatic hydroxyl groups is 1. The predicted molar refractivity (Wildman–Crippen MR) is 127 cm³/mol. The smallest absolute Gasteiger partial charge is 0.422 e. The average Bonchev–Trinajstić information content (AvgIpc) is 3.21. The van der Waals surface area contributed by atoms with Crippen molar-refractivity contribution in [1.82, 2.24) is 9.88 Å². The Morgan fingerprint density at radius 3 is 2.83 bits per heavy atom. The summed E-state index contributed by atoms with van der Waals surface area (Å²) in [4.78, 5) is 12.1. The zero-order chi connectivity index (χ0) is 25.4. The number of hydrogen-bond donors (Lipinski definition) is 3. The molecule has 0 spiro atoms. The largest absolute Gasteiger partial charge is 0.489 e. The fraction of sp³-hybridized carbons (Fsp3) is 0.480. The molecule has 1 amide bonds. The zero-order valence-electron chi connectivity index (χ0n) is 19.7. The monoisotopic (exact) mass is 495 g/mol. The van der Waals surface area contributed by atoms with Gasteiger partial charge in [0.15, 0.2) is 12.4 Å². The van der Waals surface area contributed by atoms with Crippen molar-refractivity contribution in [2.75, 3.05) is 26.4 Å². The quantitative estimate of drug-likeness (QED) is 0.367. The molecule has 0 bridgehead atoms. The maximum atomic E-state index is 12.5. The number of fused-ring (bicyclic) bond motifs is 1. The van der Waals surface area contributed by atoms with E-state index < -0.39 is 18.7 Å². The van der Waals surface area contributed by atoms with Crippen LogP contribution in [0.2, 0.25) is 0 Å². The molecule has 0 unspecified atom stereocenters. The molecule has 1 aromatic heterocycles. The highest BCUT2D eigenvalue weighted by Crippen LogP contribution is 2.25. The lowest BCUT2D eigenvalue weighted by atomic mass is 10.0. The van der Waals surface area contributed by atoms with E-state index in [2.05, 4.69) is 5.32 Å². The molecule has 1 heterocycles. The molecule has 35 heavy (non-hydrogen) atoms. The van der Waals surface area contributed by atoms with Crippen molar-refractivity contribution in [2.45, 2.75) is 51.4 Å². The van der Waals surface area contributed by atoms with Crippen molar-refractivity contribution in [3.05, 3.63) is 59.2 Å². The molecule has 10 heteroatoms. The number of aryl methyl sites for hydroxylation is 1. The van der Waals surface area contributed by atoms with Crippen molar-refractivity contribution >= 4 is 16.8 Å². The van der Waals surface area contributed by atoms with Crippen LogP contribution in [0.25, 0.3) is 10.9 Å². The van der Waals surface area contributed by atoms with Gasteiger partial charge in [-0.3, -0.25) is 4.79 Å². The van der Waals surface area contributed by atoms with E-state index in [0.29, 0.717) is 50.1 Å². The molecule has 0 saturated heterocycles. The van der Waals surface area contributed by atoms with Crippen LogP contribution in [-0.4, -0.2) is 54.2 Å². The second-order valence-corrected chi connectivity index (χ2v) is 8.57. The number of amides is 1. The van der Waals surface area contributed by atoms with Gasteiger partial charge in [0.05, 0.1) is 11.1 Å². The maximum Gasteiger partial charge on any atom is 0.422 e. The third-order valence-corrected chi connectivity index (χ3v) is 5.63. The first-order valence-electron chi connectivity index (χ1n) is 11.7. The van der Waals surface area contributed by atoms with E-state index in [0.717, 1.165) is 16.5 Å². The van der Waals surface area contributed by atoms with Crippen LogP contribution in [0.15, 0.2) is 48.1 Å². The highest BCUT2D eigenvalue weighted by molar-refractivity contribution is 6.05. The molecule has 1 aliphatic rings. The van der Waals surface area contributed by atoms with Crippen LogP contribution < -0.4 is 11.1 Å². The fourth-order valence-corrected chi connectivity index (χ4v) is 4.10. The second kappa shape index (κ2) is 12.1. The summed E-state index contributed by atoms with van der Waals surface area (Å²) in [7, 11) is 0. The van der Waals surface area contributed by atoms with Crippen LogP contribution in [0.5, 0.6) is 0 Å². The molecular formula is C25H32F3N3O4. The summed E-state index contributed by atoms with van der Waals surface area (Å²) >= 11 is 0. The van der Waals surface area contributed by atoms with E-state index in [1.54, 1.807) is 12.1 Å². The molecule has 0 radical (unpaired) electrons. The SMILES string of the molecule is C[C@H](Cc1cc(C(N)=O)c2c(ccn2CCCO)c1)NCCOC1=C(OCC(F)(F)F)CCC=C1. The number of halogens is 3. The molecule has 4 N–H and O–H groups in total. The number of nitrogens with one attached hydrogen (secondary N) is 1. The van der Waals surface area contributed by atoms with Gasteiger partial charge in [-0.25, -0.2) is 0 Å². The molecule has 0 saturated carbocycles. The van der Waals surface area contributed by atoms with Crippen LogP contribution in [0, 0.1) is 0 Å². The normalized spacial score (nSPS) is 15.0. The lowest BCUT2D eigenvalue weighted by Crippen LogP contribution is -2.31. The Morgan fingerprint density at radius 2 is 2.11 bits per heavy atom. The third kappa shape index (κ3) is 7.76. The second-order valence-electron chi connectivity index (χ2n) is 8.57. The van der Waals surface area contributed by atoms with E-state index in [9.17, 15) is 18.0 Å². The first-order chi connectivity index (χ1) is 16.7. The molecule has 7 nitrogen and oxygen atoms in total. The number of aromatic nitrogens is 1. The van der Waals surface area contributed by atoms with E-state index in [1.807, 2.05) is 35.9 Å². The molecule has 192 valence electrons. The number of allylic oxidation sites excluding steroid dienone is 3. The number of carbonyl (C=O) groups excluding carboxylic acids is 1. The number of carbonyl (C=O) groups is 1. The number of alkyl halides is 3. The van der Waals surface area contributed by atoms with E-state index in [1.165, 1.54) is 0 Å². The standard InChI is InChI=1S/C25H32F3N3O4/c1-17(30-8-12-34-21-5-2-3-6-22(21)35-16-25(26,27)28)13-18-14-19-7-10-31(9-4-11-32)23(19)20(15-18)24(29)33/h2,5,7,10,14-15,17,30,32H,3-4,6,8-9,11-13,16H2,1H3,(H2,29,33)/t17-/m1/s1. The number of nitrogens with two attached hydrogens (primary N) is 1. The minimum atomic E-state index is -4.39. The zero-order valence-corrected chi connectivity index (χ0v) is 19.7. The first-order valence-corrected chi connectivity index (χ1v) is 11.7. The molecule has 3 rings (SSSR count). The van der Waals surface area contributed by atoms with E-state index in [4.69, 9.17) is 20.3 Å². The van der Waals surface area contributed by atoms with Gasteiger partial charge < -0.3 is 30.2 Å². The number of rotatable bonds is 13. The van der Waals surface area contributed by atoms with Crippen LogP contribution in [0.1, 0.15) is 42.1 Å². The molecule has 1 aromatic carbocycles. The molecule has 2 aromatic rings. The number of hydrogen-bond acceptors (Lipinski definition) is 5. The summed E-state index contributed by atoms with van der Waals surface area (Å²) in [5.74, 6) is 0.0421. The molecule has 1 atom stereocenters. The van der Waals surface area contributed by atoms with Crippen molar-refractivity contribution < 1.29 is 32.5 Å². The Labute approximate surface area is 202 Å². The minimum absolute atomic E-state index is 0.0464. The van der Waals surface area contributed by atoms with Crippen molar-refractivity contribution in [3.8, 4) is 0 Å². The summed E-state index contributed by atoms with van der Waals surface area (Å²) in [5.41, 5.74) is 7.81. The summed E-state index contributed by atoms with van der Waals surface area (Å²) < 4.78 is 49.9. The number of ether oxygens (including phenoxy) is 2. The summed E-state index contributed by atoms with van der Waals surface area (Å²) in [6.45, 7) is 2.06. The van der Waals surface area contributed by atoms with Gasteiger partial charge in [0.1, 0.15) is 12.4 Å². The van der Waals surface area contributed by atoms with Gasteiger partial charge in [0.2, 0.25) is 0 Å². The lowest BCUT2D eigenvalue weighted by Gasteiger charge is -2.19. The van der Waals surface area contributed by atoms with Crippen molar-refractivity contribution in [1.29, 1.82) is 0 Å². The van der Waals surface area contributed by atoms with Gasteiger partial charge in [0, 0.05) is 43.7 Å². The van der Waals surface area contributed by atoms with Crippen molar-refractivity contribution in [3.63, 3.8) is 0 Å². The van der Waals surface area contributed by atoms with Gasteiger partial charge >= 0.3 is 6.18 Å². The Bertz CT molecular complexity index is 1080. The minimum Gasteiger partial charge on any atom is -0.489 e. The Morgan fingerprint density at radius 1 is 1.31 bits per heavy atom. The van der Waals surface area contributed by atoms with E-state index >= 15 is 0 Å². The molecule has 0 aliphatic heterocycles. The highest BCUT2D eigenvalue weighted by Gasteiger charge is 2.29. The van der Waals surface area contributed by atoms with Crippen LogP contribution >= 0.6 is 0 Å². The third-order valence-electron chi connectivity index (χ3n) is 5.63. The lowest BCUT2D eigenvalue weighted by molar-refractivity contribution is -0.166. The number of nitrogens with zero attached hydrogens (tertiary/aromatic N) is 1. The topological polar surface area (TPSA) is 98.7 Å². The van der Waals surface area contributed by atoms with Crippen LogP contribution in [0.3, 0.4) is 0 Å². The Balaban J connectivity index is 1.56. The number of aliphatic hydroxyl groups excluding tert-OH is 1. The molecule has 0 fully saturated rings. The summed E-state index contributed by atoms with van der Waals surface area (Å²) in [5, 5.41) is 13.4. The highest BCUT2D eigenvalue weighted by atomic mass is 19.4. The van der Waals surface area contributed by atoms with Gasteiger partial charge in [-0.15, -0.1) is 0 Å². The van der Waals surface area contributed by atoms with Gasteiger partial charge in [0.25, 0.3) is 5.91 Å². The average molecular weight is 496 g/mol. The first kappa shape index (κ1) is 26.6. The fourth-order valence-electron chi connectivity index (χ4n) is 4.10. The maximum absolute atomic E-state index is 12.5. The van der Waals surface area contributed by atoms with Crippen LogP contribution in [-0.2, 0) is 22.4 Å². The van der Waals surface area contributed by atoms with Crippen LogP contribution in [0.4, 0.5) is 13.2 Å². The summed E-state index contributed by atoms with van der Waals surface area (Å²) in [6.07, 6.45) is 3.18. The Hall–Kier alpha value is -2.98. The summed E-state index contributed by atoms with van der Waals surface area (Å²) in [6, 6.07) is 5.80. The van der Waals surface area contributed by atoms with Gasteiger partial charge in [-0.2, -0.15) is 13.2 Å². The van der Waals surface area contributed by atoms with E-state index in [-0.39, 0.29) is 25.0 Å². The molecule has 1 aliphatic carbocycles. The number of primary amides is 1. The van der Waals surface area contributed by atoms with Crippen molar-refractivity contribution in [2.24, 2.45) is 5.73 Å². The Kier molecular flexibility index (Phi) is 9.22. The van der Waals surface area contributed by atoms with Gasteiger partial charge in [-0.1, -0.05) is 6.08 Å². The molecular weight excluding hydrogens is 463 g/mol.